The second-order valence-corrected chi connectivity index (χ2v) is 11.6. The molecule has 0 saturated carbocycles. The summed E-state index contributed by atoms with van der Waals surface area (Å²) in [5.74, 6) is -1.93. The number of aromatic carboxylic acids is 1. The van der Waals surface area contributed by atoms with Gasteiger partial charge in [0.25, 0.3) is 0 Å². The predicted molar refractivity (Wildman–Crippen MR) is 147 cm³/mol. The number of benzene rings is 1. The standard InChI is InChI=1S/C29H35NO7S/c1-7-22(32)36-18-12-10-17(15-19(18)37-23(33)8-2)11-14-21(31)30-27-25(28(34)35)24-20(38-27)13-9-16(3)26(24)29(4,5)6/h10-12,14-16,26H,7-9,13H2,1-6H3,(H,30,31)(H,34,35). The van der Waals surface area contributed by atoms with E-state index < -0.39 is 23.8 Å². The highest BCUT2D eigenvalue weighted by Gasteiger charge is 2.40. The van der Waals surface area contributed by atoms with Crippen LogP contribution < -0.4 is 14.8 Å². The number of aryl methyl sites for hydroxylation is 1. The van der Waals surface area contributed by atoms with Gasteiger partial charge in [0, 0.05) is 23.8 Å². The molecule has 0 saturated heterocycles. The average Bonchev–Trinajstić information content (AvgIpc) is 3.20. The molecular weight excluding hydrogens is 506 g/mol. The fourth-order valence-corrected chi connectivity index (χ4v) is 6.17. The molecule has 1 aromatic heterocycles. The van der Waals surface area contributed by atoms with Crippen LogP contribution in [0.2, 0.25) is 0 Å². The summed E-state index contributed by atoms with van der Waals surface area (Å²) >= 11 is 1.33. The van der Waals surface area contributed by atoms with E-state index in [0.717, 1.165) is 23.3 Å². The number of carboxylic acid groups (broad SMARTS) is 1. The van der Waals surface area contributed by atoms with Crippen molar-refractivity contribution >= 4 is 46.2 Å². The minimum absolute atomic E-state index is 0.0689. The molecule has 0 spiro atoms. The molecule has 0 bridgehead atoms. The largest absolute Gasteiger partial charge is 0.478 e. The third-order valence-electron chi connectivity index (χ3n) is 6.53. The van der Waals surface area contributed by atoms with Crippen LogP contribution in [0, 0.1) is 11.3 Å². The lowest BCUT2D eigenvalue weighted by Gasteiger charge is -2.39. The molecule has 2 aromatic rings. The highest BCUT2D eigenvalue weighted by molar-refractivity contribution is 7.17. The molecule has 0 fully saturated rings. The first-order valence-corrected chi connectivity index (χ1v) is 13.6. The van der Waals surface area contributed by atoms with E-state index in [1.165, 1.54) is 35.6 Å². The Labute approximate surface area is 227 Å². The van der Waals surface area contributed by atoms with Gasteiger partial charge in [-0.3, -0.25) is 14.4 Å². The maximum atomic E-state index is 12.8. The number of carboxylic acids is 1. The van der Waals surface area contributed by atoms with Gasteiger partial charge in [-0.15, -0.1) is 11.3 Å². The first-order chi connectivity index (χ1) is 17.8. The van der Waals surface area contributed by atoms with Crippen molar-refractivity contribution in [2.75, 3.05) is 5.32 Å². The van der Waals surface area contributed by atoms with Gasteiger partial charge >= 0.3 is 17.9 Å². The van der Waals surface area contributed by atoms with Crippen molar-refractivity contribution in [1.29, 1.82) is 0 Å². The first kappa shape index (κ1) is 29.1. The van der Waals surface area contributed by atoms with E-state index in [9.17, 15) is 24.3 Å². The number of ether oxygens (including phenoxy) is 2. The highest BCUT2D eigenvalue weighted by Crippen LogP contribution is 2.52. The number of thiophene rings is 1. The third kappa shape index (κ3) is 6.69. The number of anilines is 1. The molecule has 3 rings (SSSR count). The molecular formula is C29H35NO7S. The van der Waals surface area contributed by atoms with Crippen molar-refractivity contribution in [2.45, 2.75) is 73.1 Å². The van der Waals surface area contributed by atoms with E-state index in [0.29, 0.717) is 16.5 Å². The Balaban J connectivity index is 1.87. The third-order valence-corrected chi connectivity index (χ3v) is 7.71. The second kappa shape index (κ2) is 11.9. The molecule has 2 atom stereocenters. The number of hydrogen-bond donors (Lipinski definition) is 2. The van der Waals surface area contributed by atoms with Gasteiger partial charge in [0.2, 0.25) is 5.91 Å². The molecule has 2 unspecified atom stereocenters. The number of nitrogens with one attached hydrogen (secondary N) is 1. The fourth-order valence-electron chi connectivity index (χ4n) is 4.91. The number of hydrogen-bond acceptors (Lipinski definition) is 7. The van der Waals surface area contributed by atoms with Gasteiger partial charge < -0.3 is 19.9 Å². The average molecular weight is 542 g/mol. The van der Waals surface area contributed by atoms with Crippen LogP contribution in [0.25, 0.3) is 6.08 Å². The van der Waals surface area contributed by atoms with Gasteiger partial charge in [0.1, 0.15) is 5.00 Å². The van der Waals surface area contributed by atoms with Crippen molar-refractivity contribution in [1.82, 2.24) is 0 Å². The Hall–Kier alpha value is -3.46. The number of carbonyl (C=O) groups is 4. The molecule has 0 aliphatic heterocycles. The Bertz CT molecular complexity index is 1270. The number of fused-ring (bicyclic) bond motifs is 1. The van der Waals surface area contributed by atoms with Gasteiger partial charge in [-0.05, 0) is 59.4 Å². The molecule has 1 aliphatic rings. The molecule has 1 amide bonds. The molecule has 1 heterocycles. The topological polar surface area (TPSA) is 119 Å². The number of esters is 2. The summed E-state index contributed by atoms with van der Waals surface area (Å²) in [5, 5.41) is 13.2. The SMILES string of the molecule is CCC(=O)Oc1ccc(C=CC(=O)Nc2sc3c(c2C(=O)O)C(C(C)(C)C)C(C)CC3)cc1OC(=O)CC. The summed E-state index contributed by atoms with van der Waals surface area (Å²) in [6.07, 6.45) is 4.84. The molecule has 0 radical (unpaired) electrons. The monoisotopic (exact) mass is 541 g/mol. The molecule has 9 heteroatoms. The second-order valence-electron chi connectivity index (χ2n) is 10.5. The van der Waals surface area contributed by atoms with Crippen LogP contribution in [0.5, 0.6) is 11.5 Å². The Morgan fingerprint density at radius 3 is 2.29 bits per heavy atom. The highest BCUT2D eigenvalue weighted by atomic mass is 32.1. The molecule has 1 aromatic carbocycles. The van der Waals surface area contributed by atoms with Gasteiger partial charge in [-0.2, -0.15) is 0 Å². The van der Waals surface area contributed by atoms with E-state index in [-0.39, 0.29) is 41.2 Å². The summed E-state index contributed by atoms with van der Waals surface area (Å²) in [6, 6.07) is 4.61. The summed E-state index contributed by atoms with van der Waals surface area (Å²) in [5.41, 5.74) is 1.42. The maximum Gasteiger partial charge on any atom is 0.339 e. The number of amides is 1. The number of rotatable bonds is 8. The van der Waals surface area contributed by atoms with E-state index in [2.05, 4.69) is 33.0 Å². The van der Waals surface area contributed by atoms with E-state index in [1.807, 2.05) is 0 Å². The van der Waals surface area contributed by atoms with E-state index in [1.54, 1.807) is 19.9 Å². The summed E-state index contributed by atoms with van der Waals surface area (Å²) in [7, 11) is 0. The normalized spacial score (nSPS) is 17.1. The van der Waals surface area contributed by atoms with E-state index in [4.69, 9.17) is 9.47 Å². The minimum Gasteiger partial charge on any atom is -0.478 e. The van der Waals surface area contributed by atoms with Crippen LogP contribution in [0.4, 0.5) is 5.00 Å². The molecule has 1 aliphatic carbocycles. The van der Waals surface area contributed by atoms with Gasteiger partial charge in [0.15, 0.2) is 11.5 Å². The van der Waals surface area contributed by atoms with Crippen molar-refractivity contribution < 1.29 is 33.8 Å². The minimum atomic E-state index is -1.05. The quantitative estimate of drug-likeness (QED) is 0.224. The first-order valence-electron chi connectivity index (χ1n) is 12.8. The van der Waals surface area contributed by atoms with Crippen LogP contribution in [0.15, 0.2) is 24.3 Å². The zero-order valence-electron chi connectivity index (χ0n) is 22.7. The zero-order valence-corrected chi connectivity index (χ0v) is 23.5. The van der Waals surface area contributed by atoms with Crippen LogP contribution in [0.3, 0.4) is 0 Å². The Kier molecular flexibility index (Phi) is 9.14. The van der Waals surface area contributed by atoms with Crippen molar-refractivity contribution in [3.8, 4) is 11.5 Å². The Morgan fingerprint density at radius 2 is 1.71 bits per heavy atom. The van der Waals surface area contributed by atoms with Crippen molar-refractivity contribution in [2.24, 2.45) is 11.3 Å². The van der Waals surface area contributed by atoms with Crippen LogP contribution >= 0.6 is 11.3 Å². The lowest BCUT2D eigenvalue weighted by Crippen LogP contribution is -2.30. The number of carbonyl (C=O) groups excluding carboxylic acids is 3. The van der Waals surface area contributed by atoms with Crippen LogP contribution in [-0.2, 0) is 20.8 Å². The van der Waals surface area contributed by atoms with E-state index >= 15 is 0 Å². The summed E-state index contributed by atoms with van der Waals surface area (Å²) in [6.45, 7) is 11.8. The van der Waals surface area contributed by atoms with Gasteiger partial charge in [-0.1, -0.05) is 47.6 Å². The molecule has 38 heavy (non-hydrogen) atoms. The van der Waals surface area contributed by atoms with Gasteiger partial charge in [-0.25, -0.2) is 4.79 Å². The summed E-state index contributed by atoms with van der Waals surface area (Å²) < 4.78 is 10.5. The molecule has 8 nitrogen and oxygen atoms in total. The lowest BCUT2D eigenvalue weighted by atomic mass is 9.65. The van der Waals surface area contributed by atoms with Gasteiger partial charge in [0.05, 0.1) is 5.56 Å². The van der Waals surface area contributed by atoms with Crippen molar-refractivity contribution in [3.63, 3.8) is 0 Å². The molecule has 204 valence electrons. The van der Waals surface area contributed by atoms with Crippen LogP contribution in [0.1, 0.15) is 93.1 Å². The fraction of sp³-hybridized carbons (Fsp3) is 0.448. The smallest absolute Gasteiger partial charge is 0.339 e. The Morgan fingerprint density at radius 1 is 1.08 bits per heavy atom. The molecule has 2 N–H and O–H groups in total. The van der Waals surface area contributed by atoms with Crippen LogP contribution in [-0.4, -0.2) is 28.9 Å². The lowest BCUT2D eigenvalue weighted by molar-refractivity contribution is -0.136. The van der Waals surface area contributed by atoms with Crippen molar-refractivity contribution in [3.05, 3.63) is 45.8 Å². The maximum absolute atomic E-state index is 12.8. The summed E-state index contributed by atoms with van der Waals surface area (Å²) in [4.78, 5) is 49.8. The zero-order chi connectivity index (χ0) is 28.2. The predicted octanol–water partition coefficient (Wildman–Crippen LogP) is 6.44.